The zero-order valence-corrected chi connectivity index (χ0v) is 16.1. The van der Waals surface area contributed by atoms with Gasteiger partial charge in [0.15, 0.2) is 11.5 Å². The van der Waals surface area contributed by atoms with Crippen molar-refractivity contribution in [3.8, 4) is 11.5 Å². The van der Waals surface area contributed by atoms with Crippen LogP contribution in [0.3, 0.4) is 0 Å². The van der Waals surface area contributed by atoms with Crippen LogP contribution in [0.4, 0.5) is 0 Å². The van der Waals surface area contributed by atoms with Crippen molar-refractivity contribution < 1.29 is 14.3 Å². The average molecular weight is 359 g/mol. The predicted molar refractivity (Wildman–Crippen MR) is 102 cm³/mol. The predicted octanol–water partition coefficient (Wildman–Crippen LogP) is 3.51. The Morgan fingerprint density at radius 1 is 1.31 bits per heavy atom. The maximum absolute atomic E-state index is 12.3. The van der Waals surface area contributed by atoms with E-state index in [1.807, 2.05) is 13.1 Å². The quantitative estimate of drug-likeness (QED) is 0.637. The van der Waals surface area contributed by atoms with Crippen LogP contribution in [0, 0.1) is 12.8 Å². The molecule has 0 spiro atoms. The smallest absolute Gasteiger partial charge is 0.251 e. The van der Waals surface area contributed by atoms with E-state index in [1.165, 1.54) is 5.56 Å². The topological polar surface area (TPSA) is 76.2 Å². The van der Waals surface area contributed by atoms with Crippen molar-refractivity contribution in [2.45, 2.75) is 40.0 Å². The van der Waals surface area contributed by atoms with Gasteiger partial charge in [0.05, 0.1) is 19.9 Å². The number of nitrogens with zero attached hydrogens (tertiary/aromatic N) is 1. The third-order valence-corrected chi connectivity index (χ3v) is 4.22. The Balaban J connectivity index is 1.84. The van der Waals surface area contributed by atoms with Gasteiger partial charge in [0.25, 0.3) is 5.91 Å². The van der Waals surface area contributed by atoms with Gasteiger partial charge in [-0.25, -0.2) is 0 Å². The van der Waals surface area contributed by atoms with Crippen LogP contribution in [0.1, 0.15) is 48.3 Å². The van der Waals surface area contributed by atoms with Crippen LogP contribution in [-0.2, 0) is 6.42 Å². The summed E-state index contributed by atoms with van der Waals surface area (Å²) in [5.41, 5.74) is 2.83. The van der Waals surface area contributed by atoms with Crippen LogP contribution in [0.15, 0.2) is 24.4 Å². The van der Waals surface area contributed by atoms with Crippen LogP contribution in [-0.4, -0.2) is 36.4 Å². The number of aryl methyl sites for hydroxylation is 2. The van der Waals surface area contributed by atoms with Gasteiger partial charge in [-0.05, 0) is 55.9 Å². The molecule has 0 atom stereocenters. The first kappa shape index (κ1) is 19.8. The fourth-order valence-electron chi connectivity index (χ4n) is 2.54. The Morgan fingerprint density at radius 2 is 2.12 bits per heavy atom. The van der Waals surface area contributed by atoms with E-state index in [0.717, 1.165) is 25.0 Å². The molecule has 6 heteroatoms. The number of aromatic amines is 1. The second-order valence-electron chi connectivity index (χ2n) is 6.78. The minimum absolute atomic E-state index is 0.110. The molecule has 0 saturated heterocycles. The molecule has 0 saturated carbocycles. The first-order chi connectivity index (χ1) is 12.5. The number of carbonyl (C=O) groups is 1. The van der Waals surface area contributed by atoms with E-state index in [9.17, 15) is 4.79 Å². The number of carbonyl (C=O) groups excluding carboxylic acids is 1. The van der Waals surface area contributed by atoms with Crippen molar-refractivity contribution in [2.75, 3.05) is 20.3 Å². The van der Waals surface area contributed by atoms with Gasteiger partial charge in [-0.3, -0.25) is 9.89 Å². The third kappa shape index (κ3) is 5.79. The summed E-state index contributed by atoms with van der Waals surface area (Å²) in [6, 6.07) is 5.28. The lowest BCUT2D eigenvalue weighted by Gasteiger charge is -2.13. The SMILES string of the molecule is COc1cc(C(=O)NCCCc2cn[nH]c2C)ccc1OCCC(C)C. The van der Waals surface area contributed by atoms with Crippen molar-refractivity contribution in [3.63, 3.8) is 0 Å². The van der Waals surface area contributed by atoms with Gasteiger partial charge in [-0.15, -0.1) is 0 Å². The highest BCUT2D eigenvalue weighted by molar-refractivity contribution is 5.94. The van der Waals surface area contributed by atoms with Crippen molar-refractivity contribution in [3.05, 3.63) is 41.2 Å². The molecule has 1 amide bonds. The molecule has 0 aliphatic heterocycles. The highest BCUT2D eigenvalue weighted by Crippen LogP contribution is 2.28. The van der Waals surface area contributed by atoms with Crippen LogP contribution in [0.25, 0.3) is 0 Å². The number of nitrogens with one attached hydrogen (secondary N) is 2. The van der Waals surface area contributed by atoms with Gasteiger partial charge in [-0.2, -0.15) is 5.10 Å². The number of rotatable bonds is 10. The molecule has 142 valence electrons. The number of hydrogen-bond acceptors (Lipinski definition) is 4. The second-order valence-corrected chi connectivity index (χ2v) is 6.78. The highest BCUT2D eigenvalue weighted by atomic mass is 16.5. The summed E-state index contributed by atoms with van der Waals surface area (Å²) in [6.07, 6.45) is 4.55. The third-order valence-electron chi connectivity index (χ3n) is 4.22. The van der Waals surface area contributed by atoms with E-state index in [2.05, 4.69) is 29.4 Å². The van der Waals surface area contributed by atoms with Gasteiger partial charge in [-0.1, -0.05) is 13.8 Å². The number of methoxy groups -OCH3 is 1. The summed E-state index contributed by atoms with van der Waals surface area (Å²) in [5.74, 6) is 1.72. The summed E-state index contributed by atoms with van der Waals surface area (Å²) in [6.45, 7) is 7.55. The highest BCUT2D eigenvalue weighted by Gasteiger charge is 2.11. The maximum Gasteiger partial charge on any atom is 0.251 e. The molecule has 0 bridgehead atoms. The molecule has 1 heterocycles. The summed E-state index contributed by atoms with van der Waals surface area (Å²) in [7, 11) is 1.58. The maximum atomic E-state index is 12.3. The first-order valence-electron chi connectivity index (χ1n) is 9.09. The van der Waals surface area contributed by atoms with E-state index in [-0.39, 0.29) is 5.91 Å². The van der Waals surface area contributed by atoms with Crippen molar-refractivity contribution in [1.29, 1.82) is 0 Å². The molecule has 0 radical (unpaired) electrons. The molecular weight excluding hydrogens is 330 g/mol. The van der Waals surface area contributed by atoms with E-state index in [1.54, 1.807) is 25.3 Å². The molecular formula is C20H29N3O3. The number of benzene rings is 1. The molecule has 0 aliphatic rings. The van der Waals surface area contributed by atoms with Crippen molar-refractivity contribution in [1.82, 2.24) is 15.5 Å². The minimum atomic E-state index is -0.110. The number of aromatic nitrogens is 2. The Kier molecular flexibility index (Phi) is 7.51. The lowest BCUT2D eigenvalue weighted by atomic mass is 10.1. The summed E-state index contributed by atoms with van der Waals surface area (Å²) < 4.78 is 11.1. The average Bonchev–Trinajstić information content (AvgIpc) is 3.03. The van der Waals surface area contributed by atoms with Crippen LogP contribution in [0.5, 0.6) is 11.5 Å². The summed E-state index contributed by atoms with van der Waals surface area (Å²) >= 11 is 0. The number of amides is 1. The molecule has 1 aromatic carbocycles. The zero-order chi connectivity index (χ0) is 18.9. The van der Waals surface area contributed by atoms with Crippen LogP contribution >= 0.6 is 0 Å². The van der Waals surface area contributed by atoms with Crippen molar-refractivity contribution >= 4 is 5.91 Å². The molecule has 2 N–H and O–H groups in total. The summed E-state index contributed by atoms with van der Waals surface area (Å²) in [4.78, 5) is 12.3. The number of H-pyrrole nitrogens is 1. The van der Waals surface area contributed by atoms with Gasteiger partial charge >= 0.3 is 0 Å². The fraction of sp³-hybridized carbons (Fsp3) is 0.500. The van der Waals surface area contributed by atoms with Crippen LogP contribution < -0.4 is 14.8 Å². The van der Waals surface area contributed by atoms with E-state index >= 15 is 0 Å². The first-order valence-corrected chi connectivity index (χ1v) is 9.09. The number of ether oxygens (including phenoxy) is 2. The van der Waals surface area contributed by atoms with Gasteiger partial charge < -0.3 is 14.8 Å². The molecule has 0 fully saturated rings. The standard InChI is InChI=1S/C20H29N3O3/c1-14(2)9-11-26-18-8-7-16(12-19(18)25-4)20(24)21-10-5-6-17-13-22-23-15(17)3/h7-8,12-14H,5-6,9-11H2,1-4H3,(H,21,24)(H,22,23). The normalized spacial score (nSPS) is 10.8. The Hall–Kier alpha value is -2.50. The minimum Gasteiger partial charge on any atom is -0.493 e. The van der Waals surface area contributed by atoms with Crippen molar-refractivity contribution in [2.24, 2.45) is 5.92 Å². The Morgan fingerprint density at radius 3 is 2.77 bits per heavy atom. The van der Waals surface area contributed by atoms with Gasteiger partial charge in [0.2, 0.25) is 0 Å². The molecule has 2 aromatic rings. The Bertz CT molecular complexity index is 710. The zero-order valence-electron chi connectivity index (χ0n) is 16.1. The second kappa shape index (κ2) is 9.85. The molecule has 0 unspecified atom stereocenters. The lowest BCUT2D eigenvalue weighted by molar-refractivity contribution is 0.0953. The molecule has 26 heavy (non-hydrogen) atoms. The molecule has 0 aliphatic carbocycles. The largest absolute Gasteiger partial charge is 0.493 e. The van der Waals surface area contributed by atoms with E-state index in [0.29, 0.717) is 36.1 Å². The monoisotopic (exact) mass is 359 g/mol. The van der Waals surface area contributed by atoms with E-state index in [4.69, 9.17) is 9.47 Å². The van der Waals surface area contributed by atoms with Gasteiger partial charge in [0, 0.05) is 17.8 Å². The fourth-order valence-corrected chi connectivity index (χ4v) is 2.54. The summed E-state index contributed by atoms with van der Waals surface area (Å²) in [5, 5.41) is 9.87. The lowest BCUT2D eigenvalue weighted by Crippen LogP contribution is -2.24. The van der Waals surface area contributed by atoms with Crippen LogP contribution in [0.2, 0.25) is 0 Å². The Labute approximate surface area is 155 Å². The van der Waals surface area contributed by atoms with Gasteiger partial charge in [0.1, 0.15) is 0 Å². The molecule has 6 nitrogen and oxygen atoms in total. The van der Waals surface area contributed by atoms with E-state index < -0.39 is 0 Å². The molecule has 1 aromatic heterocycles. The number of hydrogen-bond donors (Lipinski definition) is 2. The molecule has 2 rings (SSSR count).